The van der Waals surface area contributed by atoms with Crippen LogP contribution in [0, 0.1) is 5.41 Å². The second kappa shape index (κ2) is 8.17. The maximum atomic E-state index is 13.4. The number of pyridine rings is 1. The minimum atomic E-state index is -4.53. The van der Waals surface area contributed by atoms with Crippen molar-refractivity contribution in [1.82, 2.24) is 10.3 Å². The number of ketones is 1. The lowest BCUT2D eigenvalue weighted by molar-refractivity contribution is -0.137. The van der Waals surface area contributed by atoms with Gasteiger partial charge in [-0.2, -0.15) is 13.2 Å². The summed E-state index contributed by atoms with van der Waals surface area (Å²) >= 11 is 0. The minimum Gasteiger partial charge on any atom is -0.362 e. The topological polar surface area (TPSA) is 71.1 Å². The first-order valence-corrected chi connectivity index (χ1v) is 10.6. The van der Waals surface area contributed by atoms with Gasteiger partial charge in [0.25, 0.3) is 5.91 Å². The lowest BCUT2D eigenvalue weighted by Gasteiger charge is -2.39. The molecule has 2 heterocycles. The van der Waals surface area contributed by atoms with Gasteiger partial charge in [0.15, 0.2) is 5.78 Å². The Bertz CT molecular complexity index is 1180. The van der Waals surface area contributed by atoms with Gasteiger partial charge in [-0.15, -0.1) is 0 Å². The molecule has 1 aliphatic carbocycles. The highest BCUT2D eigenvalue weighted by Crippen LogP contribution is 2.46. The molecule has 8 heteroatoms. The normalized spacial score (nSPS) is 20.3. The van der Waals surface area contributed by atoms with Gasteiger partial charge in [0.1, 0.15) is 0 Å². The van der Waals surface area contributed by atoms with Gasteiger partial charge in [0, 0.05) is 53.0 Å². The Morgan fingerprint density at radius 1 is 1.18 bits per heavy atom. The van der Waals surface area contributed by atoms with Crippen LogP contribution in [-0.4, -0.2) is 16.7 Å². The third-order valence-electron chi connectivity index (χ3n) is 5.95. The Morgan fingerprint density at radius 2 is 1.94 bits per heavy atom. The maximum absolute atomic E-state index is 13.4. The Morgan fingerprint density at radius 3 is 2.61 bits per heavy atom. The summed E-state index contributed by atoms with van der Waals surface area (Å²) in [5.41, 5.74) is 1.75. The second-order valence-electron chi connectivity index (χ2n) is 9.25. The molecule has 0 bridgehead atoms. The molecule has 0 saturated carbocycles. The molecule has 2 aromatic rings. The average molecular weight is 455 g/mol. The number of carbonyl (C=O) groups is 2. The fraction of sp³-hybridized carbons (Fsp3) is 0.320. The van der Waals surface area contributed by atoms with Gasteiger partial charge < -0.3 is 10.6 Å². The molecule has 2 aliphatic rings. The number of aromatic nitrogens is 1. The number of Topliss-reactive ketones (excluding diaryl/α,β-unsaturated/α-hetero) is 1. The van der Waals surface area contributed by atoms with Crippen molar-refractivity contribution < 1.29 is 22.8 Å². The number of anilines is 1. The summed E-state index contributed by atoms with van der Waals surface area (Å²) < 4.78 is 39.3. The van der Waals surface area contributed by atoms with Crippen LogP contribution in [0.1, 0.15) is 50.7 Å². The van der Waals surface area contributed by atoms with E-state index in [0.717, 1.165) is 17.8 Å². The first kappa shape index (κ1) is 22.8. The molecule has 1 amide bonds. The zero-order valence-corrected chi connectivity index (χ0v) is 18.5. The largest absolute Gasteiger partial charge is 0.416 e. The molecular weight excluding hydrogens is 431 g/mol. The van der Waals surface area contributed by atoms with E-state index in [-0.39, 0.29) is 22.5 Å². The van der Waals surface area contributed by atoms with Gasteiger partial charge in [0.2, 0.25) is 0 Å². The molecule has 4 rings (SSSR count). The monoisotopic (exact) mass is 455 g/mol. The van der Waals surface area contributed by atoms with Gasteiger partial charge >= 0.3 is 6.18 Å². The molecule has 2 N–H and O–H groups in total. The lowest BCUT2D eigenvalue weighted by atomic mass is 9.68. The first-order valence-electron chi connectivity index (χ1n) is 10.6. The maximum Gasteiger partial charge on any atom is 0.416 e. The molecule has 0 radical (unpaired) electrons. The number of benzene rings is 1. The zero-order valence-electron chi connectivity index (χ0n) is 18.5. The van der Waals surface area contributed by atoms with Crippen molar-refractivity contribution in [2.24, 2.45) is 5.41 Å². The standard InChI is InChI=1S/C25H24F3N3O2/c1-14-20(23(33)31-17-8-4-7-16(10-17)25(26,27)28)21(15-6-5-9-29-13-15)22-18(30-14)11-24(2,3)12-19(22)32/h4-10,13,21,30H,11-12H2,1-3H3,(H,31,33). The summed E-state index contributed by atoms with van der Waals surface area (Å²) in [7, 11) is 0. The van der Waals surface area contributed by atoms with E-state index < -0.39 is 23.6 Å². The number of halogens is 3. The molecule has 5 nitrogen and oxygen atoms in total. The number of hydrogen-bond donors (Lipinski definition) is 2. The number of alkyl halides is 3. The van der Waals surface area contributed by atoms with Gasteiger partial charge in [-0.05, 0) is 48.6 Å². The van der Waals surface area contributed by atoms with Crippen molar-refractivity contribution in [2.75, 3.05) is 5.32 Å². The van der Waals surface area contributed by atoms with E-state index in [9.17, 15) is 22.8 Å². The van der Waals surface area contributed by atoms with Crippen LogP contribution in [0.5, 0.6) is 0 Å². The quantitative estimate of drug-likeness (QED) is 0.655. The van der Waals surface area contributed by atoms with E-state index in [2.05, 4.69) is 15.6 Å². The van der Waals surface area contributed by atoms with Crippen molar-refractivity contribution in [3.63, 3.8) is 0 Å². The number of dihydropyridines is 1. The van der Waals surface area contributed by atoms with E-state index in [1.165, 1.54) is 12.1 Å². The van der Waals surface area contributed by atoms with Gasteiger partial charge in [-0.3, -0.25) is 14.6 Å². The predicted octanol–water partition coefficient (Wildman–Crippen LogP) is 5.34. The van der Waals surface area contributed by atoms with Crippen molar-refractivity contribution in [3.8, 4) is 0 Å². The first-order chi connectivity index (χ1) is 15.5. The van der Waals surface area contributed by atoms with Gasteiger partial charge in [-0.1, -0.05) is 26.0 Å². The number of rotatable bonds is 3. The summed E-state index contributed by atoms with van der Waals surface area (Å²) in [6.45, 7) is 5.77. The van der Waals surface area contributed by atoms with Crippen LogP contribution in [0.2, 0.25) is 0 Å². The Balaban J connectivity index is 1.76. The van der Waals surface area contributed by atoms with Crippen LogP contribution in [0.25, 0.3) is 0 Å². The van der Waals surface area contributed by atoms with E-state index in [1.54, 1.807) is 31.5 Å². The van der Waals surface area contributed by atoms with Crippen LogP contribution in [-0.2, 0) is 15.8 Å². The predicted molar refractivity (Wildman–Crippen MR) is 118 cm³/mol. The lowest BCUT2D eigenvalue weighted by Crippen LogP contribution is -2.39. The Hall–Kier alpha value is -3.42. The number of nitrogens with one attached hydrogen (secondary N) is 2. The molecule has 1 atom stereocenters. The number of hydrogen-bond acceptors (Lipinski definition) is 4. The van der Waals surface area contributed by atoms with E-state index in [1.807, 2.05) is 13.8 Å². The SMILES string of the molecule is CC1=C(C(=O)Nc2cccc(C(F)(F)F)c2)C(c2cccnc2)C2=C(CC(C)(C)CC2=O)N1. The summed E-state index contributed by atoms with van der Waals surface area (Å²) in [5.74, 6) is -1.29. The number of amides is 1. The summed E-state index contributed by atoms with van der Waals surface area (Å²) in [4.78, 5) is 30.8. The molecular formula is C25H24F3N3O2. The minimum absolute atomic E-state index is 0.0240. The highest BCUT2D eigenvalue weighted by molar-refractivity contribution is 6.09. The molecule has 1 aliphatic heterocycles. The molecule has 1 aromatic heterocycles. The molecule has 0 spiro atoms. The van der Waals surface area contributed by atoms with Crippen molar-refractivity contribution >= 4 is 17.4 Å². The van der Waals surface area contributed by atoms with Crippen LogP contribution in [0.3, 0.4) is 0 Å². The van der Waals surface area contributed by atoms with Gasteiger partial charge in [-0.25, -0.2) is 0 Å². The molecule has 0 saturated heterocycles. The van der Waals surface area contributed by atoms with Crippen LogP contribution < -0.4 is 10.6 Å². The van der Waals surface area contributed by atoms with Crippen LogP contribution in [0.4, 0.5) is 18.9 Å². The number of carbonyl (C=O) groups excluding carboxylic acids is 2. The van der Waals surface area contributed by atoms with Crippen LogP contribution in [0.15, 0.2) is 71.3 Å². The third-order valence-corrected chi connectivity index (χ3v) is 5.95. The van der Waals surface area contributed by atoms with Crippen molar-refractivity contribution in [1.29, 1.82) is 0 Å². The summed E-state index contributed by atoms with van der Waals surface area (Å²) in [6, 6.07) is 8.00. The van der Waals surface area contributed by atoms with Crippen LogP contribution >= 0.6 is 0 Å². The van der Waals surface area contributed by atoms with E-state index in [0.29, 0.717) is 29.7 Å². The highest BCUT2D eigenvalue weighted by atomic mass is 19.4. The molecule has 172 valence electrons. The van der Waals surface area contributed by atoms with Gasteiger partial charge in [0.05, 0.1) is 5.56 Å². The van der Waals surface area contributed by atoms with Crippen molar-refractivity contribution in [3.05, 3.63) is 82.5 Å². The smallest absolute Gasteiger partial charge is 0.362 e. The molecule has 33 heavy (non-hydrogen) atoms. The number of nitrogens with zero attached hydrogens (tertiary/aromatic N) is 1. The summed E-state index contributed by atoms with van der Waals surface area (Å²) in [5, 5.41) is 5.82. The van der Waals surface area contributed by atoms with E-state index in [4.69, 9.17) is 0 Å². The fourth-order valence-corrected chi connectivity index (χ4v) is 4.59. The third kappa shape index (κ3) is 4.55. The van der Waals surface area contributed by atoms with Crippen molar-refractivity contribution in [2.45, 2.75) is 45.7 Å². The average Bonchev–Trinajstić information content (AvgIpc) is 2.72. The molecule has 1 unspecified atom stereocenters. The Kier molecular flexibility index (Phi) is 5.64. The van der Waals surface area contributed by atoms with E-state index >= 15 is 0 Å². The highest BCUT2D eigenvalue weighted by Gasteiger charge is 2.42. The second-order valence-corrected chi connectivity index (χ2v) is 9.25. The Labute approximate surface area is 189 Å². The summed E-state index contributed by atoms with van der Waals surface area (Å²) in [6.07, 6.45) is -0.332. The fourth-order valence-electron chi connectivity index (χ4n) is 4.59. The molecule has 0 fully saturated rings. The zero-order chi connectivity index (χ0) is 24.0. The molecule has 1 aromatic carbocycles. The number of allylic oxidation sites excluding steroid dienone is 3.